The maximum absolute atomic E-state index is 13.0. The van der Waals surface area contributed by atoms with Crippen LogP contribution >= 0.6 is 39.3 Å². The fourth-order valence-electron chi connectivity index (χ4n) is 3.90. The van der Waals surface area contributed by atoms with Gasteiger partial charge < -0.3 is 4.90 Å². The van der Waals surface area contributed by atoms with Crippen molar-refractivity contribution < 1.29 is 4.79 Å². The smallest absolute Gasteiger partial charge is 0.237 e. The van der Waals surface area contributed by atoms with E-state index < -0.39 is 0 Å². The minimum atomic E-state index is 0.0933. The van der Waals surface area contributed by atoms with Crippen LogP contribution in [0.5, 0.6) is 0 Å². The highest BCUT2D eigenvalue weighted by Gasteiger charge is 2.25. The van der Waals surface area contributed by atoms with Gasteiger partial charge in [-0.3, -0.25) is 9.36 Å². The largest absolute Gasteiger partial charge is 0.311 e. The van der Waals surface area contributed by atoms with Gasteiger partial charge in [-0.15, -0.1) is 0 Å². The van der Waals surface area contributed by atoms with Gasteiger partial charge in [0.1, 0.15) is 0 Å². The first-order valence-corrected chi connectivity index (χ1v) is 12.4. The summed E-state index contributed by atoms with van der Waals surface area (Å²) in [4.78, 5) is 19.6. The van der Waals surface area contributed by atoms with Crippen LogP contribution in [-0.4, -0.2) is 27.8 Å². The van der Waals surface area contributed by atoms with Crippen LogP contribution in [0.25, 0.3) is 16.9 Å². The molecule has 1 aliphatic rings. The van der Waals surface area contributed by atoms with Crippen LogP contribution in [0.2, 0.25) is 5.02 Å². The molecule has 1 aliphatic heterocycles. The average Bonchev–Trinajstić information content (AvgIpc) is 3.43. The third-order valence-corrected chi connectivity index (χ3v) is 7.19. The van der Waals surface area contributed by atoms with Gasteiger partial charge in [-0.25, -0.2) is 4.98 Å². The van der Waals surface area contributed by atoms with Crippen molar-refractivity contribution in [1.29, 1.82) is 0 Å². The number of carbonyl (C=O) groups is 1. The summed E-state index contributed by atoms with van der Waals surface area (Å²) in [6.07, 6.45) is 2.76. The normalized spacial score (nSPS) is 12.8. The van der Waals surface area contributed by atoms with E-state index in [1.54, 1.807) is 0 Å². The molecule has 1 aromatic heterocycles. The highest BCUT2D eigenvalue weighted by Crippen LogP contribution is 2.33. The predicted octanol–water partition coefficient (Wildman–Crippen LogP) is 6.64. The van der Waals surface area contributed by atoms with Gasteiger partial charge in [0.25, 0.3) is 0 Å². The van der Waals surface area contributed by atoms with Gasteiger partial charge in [-0.1, -0.05) is 69.6 Å². The first kappa shape index (κ1) is 21.3. The molecule has 0 fully saturated rings. The number of benzene rings is 3. The molecule has 0 spiro atoms. The Morgan fingerprint density at radius 3 is 2.56 bits per heavy atom. The lowest BCUT2D eigenvalue weighted by Crippen LogP contribution is -2.30. The lowest BCUT2D eigenvalue weighted by atomic mass is 10.1. The molecule has 0 atom stereocenters. The summed E-state index contributed by atoms with van der Waals surface area (Å²) < 4.78 is 3.10. The number of thioether (sulfide) groups is 1. The van der Waals surface area contributed by atoms with E-state index in [9.17, 15) is 4.79 Å². The lowest BCUT2D eigenvalue weighted by molar-refractivity contribution is -0.116. The maximum atomic E-state index is 13.0. The summed E-state index contributed by atoms with van der Waals surface area (Å²) in [6.45, 7) is 0.731. The number of carbonyl (C=O) groups excluding carboxylic acids is 1. The monoisotopic (exact) mass is 523 g/mol. The van der Waals surface area contributed by atoms with Crippen molar-refractivity contribution in [2.45, 2.75) is 11.6 Å². The molecule has 0 N–H and O–H groups in total. The van der Waals surface area contributed by atoms with E-state index in [-0.39, 0.29) is 5.91 Å². The third kappa shape index (κ3) is 4.22. The van der Waals surface area contributed by atoms with Crippen LogP contribution in [0.1, 0.15) is 5.56 Å². The van der Waals surface area contributed by atoms with Gasteiger partial charge in [0.05, 0.1) is 17.6 Å². The Balaban J connectivity index is 1.44. The summed E-state index contributed by atoms with van der Waals surface area (Å²) in [5.41, 5.74) is 5.20. The predicted molar refractivity (Wildman–Crippen MR) is 135 cm³/mol. The molecule has 0 unspecified atom stereocenters. The molecule has 5 rings (SSSR count). The van der Waals surface area contributed by atoms with Crippen molar-refractivity contribution in [3.63, 3.8) is 0 Å². The zero-order chi connectivity index (χ0) is 22.1. The summed E-state index contributed by atoms with van der Waals surface area (Å²) in [6, 6.07) is 23.9. The highest BCUT2D eigenvalue weighted by atomic mass is 79.9. The summed E-state index contributed by atoms with van der Waals surface area (Å²) in [7, 11) is 0. The molecule has 0 radical (unpaired) electrons. The fourth-order valence-corrected chi connectivity index (χ4v) is 5.16. The first-order valence-electron chi connectivity index (χ1n) is 10.2. The van der Waals surface area contributed by atoms with E-state index in [1.165, 1.54) is 17.3 Å². The first-order chi connectivity index (χ1) is 15.6. The topological polar surface area (TPSA) is 38.1 Å². The Hall–Kier alpha value is -2.54. The molecular weight excluding hydrogens is 506 g/mol. The molecule has 4 aromatic rings. The number of anilines is 1. The Morgan fingerprint density at radius 2 is 1.78 bits per heavy atom. The number of aromatic nitrogens is 2. The summed E-state index contributed by atoms with van der Waals surface area (Å²) >= 11 is 11.1. The molecule has 32 heavy (non-hydrogen) atoms. The van der Waals surface area contributed by atoms with Gasteiger partial charge in [0.2, 0.25) is 5.91 Å². The van der Waals surface area contributed by atoms with Gasteiger partial charge in [0, 0.05) is 33.0 Å². The molecule has 0 saturated carbocycles. The van der Waals surface area contributed by atoms with Crippen molar-refractivity contribution in [2.75, 3.05) is 17.2 Å². The van der Waals surface area contributed by atoms with Crippen LogP contribution in [0.4, 0.5) is 5.69 Å². The Kier molecular flexibility index (Phi) is 6.09. The average molecular weight is 525 g/mol. The zero-order valence-electron chi connectivity index (χ0n) is 17.0. The second-order valence-corrected chi connectivity index (χ2v) is 9.75. The molecule has 7 heteroatoms. The van der Waals surface area contributed by atoms with E-state index in [2.05, 4.69) is 31.5 Å². The van der Waals surface area contributed by atoms with E-state index in [1.807, 2.05) is 77.8 Å². The third-order valence-electron chi connectivity index (χ3n) is 5.47. The number of para-hydroxylation sites is 1. The number of rotatable bonds is 5. The second-order valence-electron chi connectivity index (χ2n) is 7.46. The van der Waals surface area contributed by atoms with Gasteiger partial charge in [-0.05, 0) is 54.4 Å². The van der Waals surface area contributed by atoms with E-state index in [0.29, 0.717) is 10.8 Å². The molecule has 4 nitrogen and oxygen atoms in total. The molecule has 0 aliphatic carbocycles. The highest BCUT2D eigenvalue weighted by molar-refractivity contribution is 9.10. The molecule has 160 valence electrons. The van der Waals surface area contributed by atoms with Crippen LogP contribution in [0, 0.1) is 0 Å². The molecule has 1 amide bonds. The van der Waals surface area contributed by atoms with Crippen LogP contribution in [0.15, 0.2) is 88.6 Å². The number of halogens is 2. The van der Waals surface area contributed by atoms with Crippen molar-refractivity contribution in [3.05, 3.63) is 94.1 Å². The van der Waals surface area contributed by atoms with Crippen LogP contribution in [-0.2, 0) is 11.2 Å². The van der Waals surface area contributed by atoms with Gasteiger partial charge in [-0.2, -0.15) is 0 Å². The van der Waals surface area contributed by atoms with Gasteiger partial charge in [0.15, 0.2) is 5.16 Å². The molecule has 0 saturated heterocycles. The number of nitrogens with zero attached hydrogens (tertiary/aromatic N) is 3. The molecular formula is C25H19BrClN3OS. The van der Waals surface area contributed by atoms with Crippen molar-refractivity contribution >= 4 is 50.9 Å². The number of hydrogen-bond donors (Lipinski definition) is 0. The SMILES string of the molecule is O=C(CSc1ncc(-c2ccc(Br)cc2)n1-c1ccc(Cl)cc1)N1CCc2ccccc21. The number of amides is 1. The minimum Gasteiger partial charge on any atom is -0.311 e. The second kappa shape index (κ2) is 9.14. The molecule has 0 bridgehead atoms. The Morgan fingerprint density at radius 1 is 1.03 bits per heavy atom. The minimum absolute atomic E-state index is 0.0933. The van der Waals surface area contributed by atoms with Crippen LogP contribution in [0.3, 0.4) is 0 Å². The van der Waals surface area contributed by atoms with Crippen LogP contribution < -0.4 is 4.90 Å². The number of fused-ring (bicyclic) bond motifs is 1. The standard InChI is InChI=1S/C25H19BrClN3OS/c26-19-7-5-18(6-8-19)23-15-28-25(30(23)21-11-9-20(27)10-12-21)32-16-24(31)29-14-13-17-3-1-2-4-22(17)29/h1-12,15H,13-14,16H2. The van der Waals surface area contributed by atoms with Gasteiger partial charge >= 0.3 is 0 Å². The number of imidazole rings is 1. The van der Waals surface area contributed by atoms with Crippen molar-refractivity contribution in [3.8, 4) is 16.9 Å². The molecule has 2 heterocycles. The summed E-state index contributed by atoms with van der Waals surface area (Å²) in [5.74, 6) is 0.412. The Bertz CT molecular complexity index is 1270. The molecule has 3 aromatic carbocycles. The van der Waals surface area contributed by atoms with E-state index in [0.717, 1.165) is 45.2 Å². The summed E-state index contributed by atoms with van der Waals surface area (Å²) in [5, 5.41) is 1.45. The Labute approximate surface area is 204 Å². The maximum Gasteiger partial charge on any atom is 0.237 e. The van der Waals surface area contributed by atoms with Crippen molar-refractivity contribution in [1.82, 2.24) is 9.55 Å². The van der Waals surface area contributed by atoms with E-state index in [4.69, 9.17) is 11.6 Å². The van der Waals surface area contributed by atoms with E-state index >= 15 is 0 Å². The fraction of sp³-hybridized carbons (Fsp3) is 0.120. The quantitative estimate of drug-likeness (QED) is 0.275. The lowest BCUT2D eigenvalue weighted by Gasteiger charge is -2.17. The number of hydrogen-bond acceptors (Lipinski definition) is 3. The zero-order valence-corrected chi connectivity index (χ0v) is 20.2. The van der Waals surface area contributed by atoms with Crippen molar-refractivity contribution in [2.24, 2.45) is 0 Å².